The summed E-state index contributed by atoms with van der Waals surface area (Å²) in [6.45, 7) is 1.55. The molecule has 1 aromatic heterocycles. The average Bonchev–Trinajstić information content (AvgIpc) is 3.09. The molecule has 1 aliphatic heterocycles. The molecule has 0 saturated heterocycles. The zero-order chi connectivity index (χ0) is 14.1. The Morgan fingerprint density at radius 3 is 2.81 bits per heavy atom. The Morgan fingerprint density at radius 1 is 1.05 bits per heavy atom. The van der Waals surface area contributed by atoms with E-state index < -0.39 is 0 Å². The first-order valence-corrected chi connectivity index (χ1v) is 7.31. The Balaban J connectivity index is 1.34. The van der Waals surface area contributed by atoms with Crippen molar-refractivity contribution in [1.82, 2.24) is 5.32 Å². The molecule has 1 aliphatic rings. The summed E-state index contributed by atoms with van der Waals surface area (Å²) in [5.74, 6) is 1.99. The van der Waals surface area contributed by atoms with Gasteiger partial charge in [-0.15, -0.1) is 0 Å². The highest BCUT2D eigenvalue weighted by Gasteiger charge is 2.21. The van der Waals surface area contributed by atoms with Crippen LogP contribution in [0.25, 0.3) is 11.0 Å². The number of hydrogen-bond acceptors (Lipinski definition) is 3. The number of nitrogens with one attached hydrogen (secondary N) is 1. The van der Waals surface area contributed by atoms with Crippen LogP contribution in [0.5, 0.6) is 5.75 Å². The fourth-order valence-corrected chi connectivity index (χ4v) is 2.85. The van der Waals surface area contributed by atoms with Gasteiger partial charge in [-0.25, -0.2) is 0 Å². The normalized spacial score (nSPS) is 16.9. The Bertz CT molecular complexity index is 705. The van der Waals surface area contributed by atoms with Crippen LogP contribution in [-0.2, 0) is 13.0 Å². The van der Waals surface area contributed by atoms with E-state index in [2.05, 4.69) is 29.6 Å². The molecule has 0 spiro atoms. The van der Waals surface area contributed by atoms with Crippen LogP contribution < -0.4 is 10.1 Å². The van der Waals surface area contributed by atoms with Crippen LogP contribution in [0.1, 0.15) is 11.3 Å². The molecule has 0 amide bonds. The lowest BCUT2D eigenvalue weighted by Gasteiger charge is -2.10. The van der Waals surface area contributed by atoms with Crippen LogP contribution in [0.15, 0.2) is 59.0 Å². The summed E-state index contributed by atoms with van der Waals surface area (Å²) in [6.07, 6.45) is 1.19. The van der Waals surface area contributed by atoms with Gasteiger partial charge in [0.05, 0.1) is 6.54 Å². The van der Waals surface area contributed by atoms with Gasteiger partial charge < -0.3 is 14.5 Å². The fraction of sp³-hybridized carbons (Fsp3) is 0.222. The van der Waals surface area contributed by atoms with Gasteiger partial charge in [0.2, 0.25) is 0 Å². The lowest BCUT2D eigenvalue weighted by molar-refractivity contribution is 0.226. The van der Waals surface area contributed by atoms with Crippen molar-refractivity contribution in [3.8, 4) is 5.75 Å². The maximum absolute atomic E-state index is 5.91. The maximum atomic E-state index is 5.91. The second-order valence-corrected chi connectivity index (χ2v) is 5.43. The van der Waals surface area contributed by atoms with Gasteiger partial charge >= 0.3 is 0 Å². The van der Waals surface area contributed by atoms with E-state index >= 15 is 0 Å². The molecule has 0 bridgehead atoms. The second-order valence-electron chi connectivity index (χ2n) is 5.43. The molecule has 3 nitrogen and oxygen atoms in total. The highest BCUT2D eigenvalue weighted by atomic mass is 16.5. The fourth-order valence-electron chi connectivity index (χ4n) is 2.85. The number of fused-ring (bicyclic) bond motifs is 2. The first kappa shape index (κ1) is 12.5. The molecule has 1 atom stereocenters. The molecule has 3 aromatic rings. The molecule has 0 aliphatic carbocycles. The largest absolute Gasteiger partial charge is 0.488 e. The van der Waals surface area contributed by atoms with E-state index in [1.54, 1.807) is 0 Å². The summed E-state index contributed by atoms with van der Waals surface area (Å²) in [5, 5.41) is 4.57. The summed E-state index contributed by atoms with van der Waals surface area (Å²) in [5.41, 5.74) is 2.24. The summed E-state index contributed by atoms with van der Waals surface area (Å²) < 4.78 is 11.7. The molecule has 21 heavy (non-hydrogen) atoms. The van der Waals surface area contributed by atoms with Crippen LogP contribution in [0, 0.1) is 0 Å². The lowest BCUT2D eigenvalue weighted by atomic mass is 10.1. The van der Waals surface area contributed by atoms with Crippen molar-refractivity contribution in [2.45, 2.75) is 19.1 Å². The van der Waals surface area contributed by atoms with E-state index in [1.165, 1.54) is 5.56 Å². The lowest BCUT2D eigenvalue weighted by Crippen LogP contribution is -2.29. The molecule has 1 N–H and O–H groups in total. The summed E-state index contributed by atoms with van der Waals surface area (Å²) in [7, 11) is 0. The molecule has 0 radical (unpaired) electrons. The zero-order valence-electron chi connectivity index (χ0n) is 11.7. The average molecular weight is 279 g/mol. The molecule has 0 saturated carbocycles. The molecular weight excluding hydrogens is 262 g/mol. The number of ether oxygens (including phenoxy) is 1. The summed E-state index contributed by atoms with van der Waals surface area (Å²) in [4.78, 5) is 0. The van der Waals surface area contributed by atoms with E-state index in [1.807, 2.05) is 30.3 Å². The highest BCUT2D eigenvalue weighted by molar-refractivity contribution is 5.77. The SMILES string of the molecule is c1ccc2c(c1)CC(CNCc1cc3ccccc3o1)O2. The molecule has 3 heteroatoms. The van der Waals surface area contributed by atoms with E-state index in [0.29, 0.717) is 0 Å². The van der Waals surface area contributed by atoms with Gasteiger partial charge in [-0.3, -0.25) is 0 Å². The number of furan rings is 1. The van der Waals surface area contributed by atoms with Crippen molar-refractivity contribution >= 4 is 11.0 Å². The topological polar surface area (TPSA) is 34.4 Å². The number of hydrogen-bond donors (Lipinski definition) is 1. The van der Waals surface area contributed by atoms with Crippen LogP contribution in [-0.4, -0.2) is 12.6 Å². The van der Waals surface area contributed by atoms with Gasteiger partial charge in [0.1, 0.15) is 23.2 Å². The molecule has 4 rings (SSSR count). The quantitative estimate of drug-likeness (QED) is 0.793. The van der Waals surface area contributed by atoms with Gasteiger partial charge in [0.15, 0.2) is 0 Å². The Hall–Kier alpha value is -2.26. The van der Waals surface area contributed by atoms with E-state index in [-0.39, 0.29) is 6.10 Å². The third-order valence-corrected chi connectivity index (χ3v) is 3.86. The molecule has 2 heterocycles. The Morgan fingerprint density at radius 2 is 1.90 bits per heavy atom. The van der Waals surface area contributed by atoms with Gasteiger partial charge in [0.25, 0.3) is 0 Å². The van der Waals surface area contributed by atoms with Gasteiger partial charge in [-0.1, -0.05) is 36.4 Å². The van der Waals surface area contributed by atoms with Crippen molar-refractivity contribution in [3.63, 3.8) is 0 Å². The van der Waals surface area contributed by atoms with Crippen molar-refractivity contribution in [2.75, 3.05) is 6.54 Å². The van der Waals surface area contributed by atoms with Crippen LogP contribution in [0.2, 0.25) is 0 Å². The van der Waals surface area contributed by atoms with E-state index in [0.717, 1.165) is 42.0 Å². The molecular formula is C18H17NO2. The number of rotatable bonds is 4. The monoisotopic (exact) mass is 279 g/mol. The summed E-state index contributed by atoms with van der Waals surface area (Å²) in [6, 6.07) is 18.4. The standard InChI is InChI=1S/C18H17NO2/c1-3-7-17-13(5-1)9-15(20-17)11-19-12-16-10-14-6-2-4-8-18(14)21-16/h1-9,16,19H,10-12H2. The first-order chi connectivity index (χ1) is 10.4. The third kappa shape index (κ3) is 2.52. The Labute approximate surface area is 123 Å². The highest BCUT2D eigenvalue weighted by Crippen LogP contribution is 2.27. The van der Waals surface area contributed by atoms with Crippen molar-refractivity contribution < 1.29 is 9.15 Å². The first-order valence-electron chi connectivity index (χ1n) is 7.31. The van der Waals surface area contributed by atoms with Crippen LogP contribution in [0.4, 0.5) is 0 Å². The predicted molar refractivity (Wildman–Crippen MR) is 82.5 cm³/mol. The number of benzene rings is 2. The van der Waals surface area contributed by atoms with Gasteiger partial charge in [-0.05, 0) is 23.8 Å². The minimum atomic E-state index is 0.215. The molecule has 0 fully saturated rings. The van der Waals surface area contributed by atoms with E-state index in [9.17, 15) is 0 Å². The van der Waals surface area contributed by atoms with Crippen LogP contribution in [0.3, 0.4) is 0 Å². The van der Waals surface area contributed by atoms with Crippen molar-refractivity contribution in [3.05, 3.63) is 65.9 Å². The minimum Gasteiger partial charge on any atom is -0.488 e. The zero-order valence-corrected chi connectivity index (χ0v) is 11.7. The molecule has 1 unspecified atom stereocenters. The van der Waals surface area contributed by atoms with E-state index in [4.69, 9.17) is 9.15 Å². The minimum absolute atomic E-state index is 0.215. The Kier molecular flexibility index (Phi) is 3.13. The van der Waals surface area contributed by atoms with Crippen molar-refractivity contribution in [1.29, 1.82) is 0 Å². The number of para-hydroxylation sites is 2. The maximum Gasteiger partial charge on any atom is 0.134 e. The second kappa shape index (κ2) is 5.26. The summed E-state index contributed by atoms with van der Waals surface area (Å²) >= 11 is 0. The van der Waals surface area contributed by atoms with Gasteiger partial charge in [-0.2, -0.15) is 0 Å². The predicted octanol–water partition coefficient (Wildman–Crippen LogP) is 3.53. The van der Waals surface area contributed by atoms with Crippen molar-refractivity contribution in [2.24, 2.45) is 0 Å². The molecule has 2 aromatic carbocycles. The van der Waals surface area contributed by atoms with Gasteiger partial charge in [0, 0.05) is 18.4 Å². The molecule has 106 valence electrons. The smallest absolute Gasteiger partial charge is 0.134 e. The third-order valence-electron chi connectivity index (χ3n) is 3.86. The van der Waals surface area contributed by atoms with Crippen LogP contribution >= 0.6 is 0 Å².